The summed E-state index contributed by atoms with van der Waals surface area (Å²) in [5.74, 6) is -0.851. The van der Waals surface area contributed by atoms with Crippen molar-refractivity contribution in [3.8, 4) is 0 Å². The second-order valence-electron chi connectivity index (χ2n) is 10.2. The summed E-state index contributed by atoms with van der Waals surface area (Å²) in [6.07, 6.45) is 9.83. The molecule has 2 aliphatic rings. The first-order valence-electron chi connectivity index (χ1n) is 10.1. The van der Waals surface area contributed by atoms with E-state index in [1.54, 1.807) is 10.1 Å². The summed E-state index contributed by atoms with van der Waals surface area (Å²) < 4.78 is 0. The van der Waals surface area contributed by atoms with Gasteiger partial charge in [-0.25, -0.2) is 0 Å². The Hall–Kier alpha value is -1.66. The van der Waals surface area contributed by atoms with Gasteiger partial charge in [0.25, 0.3) is 0 Å². The number of rotatable bonds is 5. The molecule has 0 aromatic carbocycles. The predicted molar refractivity (Wildman–Crippen MR) is 109 cm³/mol. The highest BCUT2D eigenvalue weighted by molar-refractivity contribution is 5.77. The maximum Gasteiger partial charge on any atom is 0.325 e. The van der Waals surface area contributed by atoms with E-state index >= 15 is 0 Å². The van der Waals surface area contributed by atoms with Gasteiger partial charge in [0.05, 0.1) is 35.0 Å². The van der Waals surface area contributed by atoms with Crippen LogP contribution in [0.25, 0.3) is 0 Å². The van der Waals surface area contributed by atoms with Crippen molar-refractivity contribution in [3.63, 3.8) is 0 Å². The highest BCUT2D eigenvalue weighted by Crippen LogP contribution is 2.35. The number of hydrogen-bond donors (Lipinski definition) is 0. The number of carbonyl (C=O) groups is 2. The molecule has 0 unspecified atom stereocenters. The summed E-state index contributed by atoms with van der Waals surface area (Å²) >= 11 is 0. The molecule has 6 nitrogen and oxygen atoms in total. The Balaban J connectivity index is 1.93. The van der Waals surface area contributed by atoms with Gasteiger partial charge in [-0.1, -0.05) is 24.3 Å². The van der Waals surface area contributed by atoms with Crippen LogP contribution in [0.15, 0.2) is 24.3 Å². The molecule has 0 bridgehead atoms. The summed E-state index contributed by atoms with van der Waals surface area (Å²) in [5.41, 5.74) is -1.40. The van der Waals surface area contributed by atoms with Crippen molar-refractivity contribution in [2.75, 3.05) is 0 Å². The normalized spacial score (nSPS) is 25.3. The van der Waals surface area contributed by atoms with E-state index in [1.807, 2.05) is 67.5 Å². The smallest absolute Gasteiger partial charge is 0.325 e. The number of hydroxylamine groups is 4. The minimum Gasteiger partial charge on any atom is -0.367 e. The zero-order chi connectivity index (χ0) is 21.4. The molecule has 0 spiro atoms. The summed E-state index contributed by atoms with van der Waals surface area (Å²) in [7, 11) is 0. The molecule has 0 radical (unpaired) electrons. The number of carbonyl (C=O) groups excluding carboxylic acids is 2. The molecular weight excluding hydrogens is 356 g/mol. The fourth-order valence-corrected chi connectivity index (χ4v) is 4.11. The van der Waals surface area contributed by atoms with E-state index in [0.717, 1.165) is 12.8 Å². The fourth-order valence-electron chi connectivity index (χ4n) is 4.11. The molecular formula is C22H36N2O4. The highest BCUT2D eigenvalue weighted by atomic mass is 16.7. The van der Waals surface area contributed by atoms with Crippen molar-refractivity contribution in [2.24, 2.45) is 0 Å². The monoisotopic (exact) mass is 392 g/mol. The molecule has 0 N–H and O–H groups in total. The molecule has 0 amide bonds. The van der Waals surface area contributed by atoms with Crippen LogP contribution in [0.5, 0.6) is 0 Å². The molecule has 0 aromatic rings. The van der Waals surface area contributed by atoms with E-state index in [4.69, 9.17) is 9.68 Å². The Bertz CT molecular complexity index is 616. The summed E-state index contributed by atoms with van der Waals surface area (Å²) in [4.78, 5) is 36.1. The number of hydrogen-bond acceptors (Lipinski definition) is 6. The van der Waals surface area contributed by atoms with E-state index in [-0.39, 0.29) is 23.9 Å². The average molecular weight is 393 g/mol. The van der Waals surface area contributed by atoms with Gasteiger partial charge < -0.3 is 9.68 Å². The third-order valence-electron chi connectivity index (χ3n) is 5.35. The molecule has 0 aromatic heterocycles. The average Bonchev–Trinajstić information content (AvgIpc) is 2.52. The van der Waals surface area contributed by atoms with Crippen molar-refractivity contribution in [3.05, 3.63) is 24.3 Å². The topological polar surface area (TPSA) is 59.1 Å². The van der Waals surface area contributed by atoms with Crippen LogP contribution in [0.2, 0.25) is 0 Å². The van der Waals surface area contributed by atoms with Gasteiger partial charge >= 0.3 is 11.9 Å². The standard InChI is InChI=1S/C22H36N2O4/c1-19(2)13-9-14-20(3,4)23(19)27-17(25)11-12-18(26)28-24-21(5,6)15-10-16-22(24,7)8/h9-10,13,15H,11-12,14,16H2,1-8H3. The lowest BCUT2D eigenvalue weighted by Gasteiger charge is -2.47. The minimum atomic E-state index is -0.425. The molecule has 0 atom stereocenters. The van der Waals surface area contributed by atoms with Crippen LogP contribution in [0.4, 0.5) is 0 Å². The van der Waals surface area contributed by atoms with Crippen molar-refractivity contribution in [2.45, 2.75) is 103 Å². The molecule has 2 heterocycles. The second kappa shape index (κ2) is 7.64. The van der Waals surface area contributed by atoms with Gasteiger partial charge in [-0.2, -0.15) is 0 Å². The quantitative estimate of drug-likeness (QED) is 0.650. The Morgan fingerprint density at radius 1 is 0.714 bits per heavy atom. The third kappa shape index (κ3) is 5.03. The summed E-state index contributed by atoms with van der Waals surface area (Å²) in [6, 6.07) is 0. The van der Waals surface area contributed by atoms with E-state index in [1.165, 1.54) is 0 Å². The van der Waals surface area contributed by atoms with Gasteiger partial charge in [0.1, 0.15) is 0 Å². The van der Waals surface area contributed by atoms with Gasteiger partial charge in [0.15, 0.2) is 0 Å². The molecule has 6 heteroatoms. The lowest BCUT2D eigenvalue weighted by Crippen LogP contribution is -2.57. The van der Waals surface area contributed by atoms with Crippen molar-refractivity contribution in [1.82, 2.24) is 10.1 Å². The van der Waals surface area contributed by atoms with Crippen LogP contribution in [0.1, 0.15) is 81.1 Å². The molecule has 0 saturated heterocycles. The second-order valence-corrected chi connectivity index (χ2v) is 10.2. The zero-order valence-electron chi connectivity index (χ0n) is 18.7. The van der Waals surface area contributed by atoms with Crippen LogP contribution >= 0.6 is 0 Å². The van der Waals surface area contributed by atoms with Crippen LogP contribution in [-0.2, 0) is 19.3 Å². The maximum atomic E-state index is 12.4. The van der Waals surface area contributed by atoms with Crippen molar-refractivity contribution >= 4 is 11.9 Å². The first-order chi connectivity index (χ1) is 12.7. The summed E-state index contributed by atoms with van der Waals surface area (Å²) in [6.45, 7) is 16.1. The molecule has 0 aliphatic carbocycles. The molecule has 0 fully saturated rings. The Morgan fingerprint density at radius 2 is 1.04 bits per heavy atom. The third-order valence-corrected chi connectivity index (χ3v) is 5.35. The molecule has 2 aliphatic heterocycles. The molecule has 158 valence electrons. The van der Waals surface area contributed by atoms with Crippen LogP contribution < -0.4 is 0 Å². The Labute approximate surface area is 169 Å². The largest absolute Gasteiger partial charge is 0.367 e. The minimum absolute atomic E-state index is 0.0181. The zero-order valence-corrected chi connectivity index (χ0v) is 18.7. The molecule has 2 rings (SSSR count). The van der Waals surface area contributed by atoms with Crippen LogP contribution in [0.3, 0.4) is 0 Å². The highest BCUT2D eigenvalue weighted by Gasteiger charge is 2.43. The van der Waals surface area contributed by atoms with Crippen LogP contribution in [-0.4, -0.2) is 44.2 Å². The van der Waals surface area contributed by atoms with Crippen molar-refractivity contribution < 1.29 is 19.3 Å². The van der Waals surface area contributed by atoms with E-state index in [9.17, 15) is 9.59 Å². The fraction of sp³-hybridized carbons (Fsp3) is 0.727. The van der Waals surface area contributed by atoms with E-state index in [2.05, 4.69) is 12.2 Å². The Kier molecular flexibility index (Phi) is 6.17. The van der Waals surface area contributed by atoms with Gasteiger partial charge in [-0.3, -0.25) is 9.59 Å². The van der Waals surface area contributed by atoms with Gasteiger partial charge in [-0.05, 0) is 68.2 Å². The van der Waals surface area contributed by atoms with Crippen molar-refractivity contribution in [1.29, 1.82) is 0 Å². The first-order valence-corrected chi connectivity index (χ1v) is 10.1. The lowest BCUT2D eigenvalue weighted by molar-refractivity contribution is -0.251. The first kappa shape index (κ1) is 22.6. The predicted octanol–water partition coefficient (Wildman–Crippen LogP) is 4.32. The van der Waals surface area contributed by atoms with E-state index in [0.29, 0.717) is 0 Å². The Morgan fingerprint density at radius 3 is 1.32 bits per heavy atom. The van der Waals surface area contributed by atoms with Crippen LogP contribution in [0, 0.1) is 0 Å². The SMILES string of the molecule is CC1(C)C=CCC(C)(C)N1OC(=O)CCC(=O)ON1C(C)(C)C=CCC1(C)C. The molecule has 28 heavy (non-hydrogen) atoms. The summed E-state index contributed by atoms with van der Waals surface area (Å²) in [5, 5.41) is 3.46. The van der Waals surface area contributed by atoms with Gasteiger partial charge in [0.2, 0.25) is 0 Å². The molecule has 0 saturated carbocycles. The van der Waals surface area contributed by atoms with Gasteiger partial charge in [-0.15, -0.1) is 10.1 Å². The lowest BCUT2D eigenvalue weighted by atomic mass is 9.88. The van der Waals surface area contributed by atoms with Gasteiger partial charge in [0, 0.05) is 0 Å². The number of nitrogens with zero attached hydrogens (tertiary/aromatic N) is 2. The van der Waals surface area contributed by atoms with E-state index < -0.39 is 23.0 Å². The maximum absolute atomic E-state index is 12.4.